The van der Waals surface area contributed by atoms with Gasteiger partial charge in [-0.15, -0.1) is 0 Å². The van der Waals surface area contributed by atoms with Crippen molar-refractivity contribution in [2.75, 3.05) is 12.5 Å². The second kappa shape index (κ2) is 10.2. The number of fused-ring (bicyclic) bond motifs is 1. The smallest absolute Gasteiger partial charge is 0.337 e. The van der Waals surface area contributed by atoms with Crippen LogP contribution in [0.25, 0.3) is 10.9 Å². The molecule has 4 aromatic rings. The molecule has 0 saturated carbocycles. The van der Waals surface area contributed by atoms with Crippen LogP contribution < -0.4 is 10.2 Å². The summed E-state index contributed by atoms with van der Waals surface area (Å²) in [6.07, 6.45) is 1.72. The zero-order valence-electron chi connectivity index (χ0n) is 19.8. The number of esters is 1. The number of aryl methyl sites for hydroxylation is 3. The van der Waals surface area contributed by atoms with Crippen LogP contribution in [0.3, 0.4) is 0 Å². The fourth-order valence-corrected chi connectivity index (χ4v) is 3.80. The molecular weight excluding hydrogens is 426 g/mol. The molecule has 1 aromatic heterocycles. The van der Waals surface area contributed by atoms with Crippen LogP contribution in [-0.2, 0) is 11.3 Å². The number of carbonyl (C=O) groups is 1. The molecule has 3 aromatic carbocycles. The number of carbonyl (C=O) groups excluding carboxylic acids is 1. The van der Waals surface area contributed by atoms with Crippen LogP contribution in [0.4, 0.5) is 5.82 Å². The maximum atomic E-state index is 11.6. The van der Waals surface area contributed by atoms with Gasteiger partial charge in [-0.2, -0.15) is 5.10 Å². The van der Waals surface area contributed by atoms with E-state index in [0.717, 1.165) is 33.2 Å². The summed E-state index contributed by atoms with van der Waals surface area (Å²) in [5, 5.41) is 5.55. The van der Waals surface area contributed by atoms with Gasteiger partial charge >= 0.3 is 5.97 Å². The molecule has 6 nitrogen and oxygen atoms in total. The molecule has 4 rings (SSSR count). The topological polar surface area (TPSA) is 72.8 Å². The SMILES string of the molecule is COC(=O)c1ccc(COc2ccccc2C=NNc2cc(C)c3cc(C)cc(C)c3n2)cc1. The fraction of sp³-hybridized carbons (Fsp3) is 0.179. The van der Waals surface area contributed by atoms with E-state index >= 15 is 0 Å². The van der Waals surface area contributed by atoms with Crippen LogP contribution in [0.15, 0.2) is 71.8 Å². The first kappa shape index (κ1) is 23.0. The molecule has 0 spiro atoms. The highest BCUT2D eigenvalue weighted by Crippen LogP contribution is 2.25. The Labute approximate surface area is 199 Å². The minimum absolute atomic E-state index is 0.358. The van der Waals surface area contributed by atoms with Crippen LogP contribution in [0.2, 0.25) is 0 Å². The summed E-state index contributed by atoms with van der Waals surface area (Å²) in [5.74, 6) is 1.04. The zero-order chi connectivity index (χ0) is 24.1. The summed E-state index contributed by atoms with van der Waals surface area (Å²) in [6, 6.07) is 21.1. The second-order valence-electron chi connectivity index (χ2n) is 8.19. The summed E-state index contributed by atoms with van der Waals surface area (Å²) < 4.78 is 10.7. The van der Waals surface area contributed by atoms with Crippen molar-refractivity contribution >= 4 is 28.9 Å². The van der Waals surface area contributed by atoms with Crippen molar-refractivity contribution in [3.05, 3.63) is 100 Å². The van der Waals surface area contributed by atoms with Crippen LogP contribution in [-0.4, -0.2) is 24.3 Å². The van der Waals surface area contributed by atoms with Gasteiger partial charge in [-0.25, -0.2) is 9.78 Å². The second-order valence-corrected chi connectivity index (χ2v) is 8.19. The van der Waals surface area contributed by atoms with E-state index in [2.05, 4.69) is 43.4 Å². The van der Waals surface area contributed by atoms with E-state index < -0.39 is 0 Å². The Hall–Kier alpha value is -4.19. The first-order valence-corrected chi connectivity index (χ1v) is 11.0. The number of ether oxygens (including phenoxy) is 2. The third-order valence-corrected chi connectivity index (χ3v) is 5.53. The minimum atomic E-state index is -0.358. The predicted octanol–water partition coefficient (Wildman–Crippen LogP) is 5.97. The van der Waals surface area contributed by atoms with Crippen molar-refractivity contribution in [2.24, 2.45) is 5.10 Å². The van der Waals surface area contributed by atoms with E-state index in [0.29, 0.717) is 23.7 Å². The highest BCUT2D eigenvalue weighted by atomic mass is 16.5. The number of hydrogen-bond acceptors (Lipinski definition) is 6. The summed E-state index contributed by atoms with van der Waals surface area (Å²) >= 11 is 0. The van der Waals surface area contributed by atoms with Crippen molar-refractivity contribution in [3.8, 4) is 5.75 Å². The first-order valence-electron chi connectivity index (χ1n) is 11.0. The highest BCUT2D eigenvalue weighted by molar-refractivity contribution is 5.89. The Morgan fingerprint density at radius 3 is 2.53 bits per heavy atom. The number of nitrogens with zero attached hydrogens (tertiary/aromatic N) is 2. The van der Waals surface area contributed by atoms with Crippen LogP contribution in [0.5, 0.6) is 5.75 Å². The van der Waals surface area contributed by atoms with Crippen LogP contribution in [0.1, 0.15) is 38.2 Å². The number of hydrazone groups is 1. The summed E-state index contributed by atoms with van der Waals surface area (Å²) in [6.45, 7) is 6.62. The molecule has 0 fully saturated rings. The lowest BCUT2D eigenvalue weighted by atomic mass is 10.0. The highest BCUT2D eigenvalue weighted by Gasteiger charge is 2.07. The monoisotopic (exact) mass is 453 g/mol. The van der Waals surface area contributed by atoms with Gasteiger partial charge in [-0.3, -0.25) is 5.43 Å². The number of para-hydroxylation sites is 1. The van der Waals surface area contributed by atoms with Gasteiger partial charge in [0.15, 0.2) is 0 Å². The van der Waals surface area contributed by atoms with E-state index in [4.69, 9.17) is 14.5 Å². The molecule has 0 atom stereocenters. The maximum absolute atomic E-state index is 11.6. The van der Waals surface area contributed by atoms with Crippen LogP contribution >= 0.6 is 0 Å². The van der Waals surface area contributed by atoms with Crippen molar-refractivity contribution < 1.29 is 14.3 Å². The Balaban J connectivity index is 1.46. The van der Waals surface area contributed by atoms with Gasteiger partial charge in [-0.05, 0) is 73.9 Å². The average Bonchev–Trinajstić information content (AvgIpc) is 2.84. The number of aromatic nitrogens is 1. The van der Waals surface area contributed by atoms with Crippen molar-refractivity contribution in [3.63, 3.8) is 0 Å². The van der Waals surface area contributed by atoms with Crippen LogP contribution in [0, 0.1) is 20.8 Å². The standard InChI is InChI=1S/C28H27N3O3/c1-18-13-20(3)27-24(14-18)19(2)15-26(30-27)31-29-16-23-7-5-6-8-25(23)34-17-21-9-11-22(12-10-21)28(32)33-4/h5-16H,17H2,1-4H3,(H,30,31). The van der Waals surface area contributed by atoms with E-state index in [9.17, 15) is 4.79 Å². The van der Waals surface area contributed by atoms with Gasteiger partial charge in [0.1, 0.15) is 18.2 Å². The van der Waals surface area contributed by atoms with E-state index in [-0.39, 0.29) is 5.97 Å². The Morgan fingerprint density at radius 2 is 1.76 bits per heavy atom. The van der Waals surface area contributed by atoms with Crippen molar-refractivity contribution in [1.82, 2.24) is 4.98 Å². The molecule has 0 radical (unpaired) electrons. The predicted molar refractivity (Wildman–Crippen MR) is 136 cm³/mol. The Bertz CT molecular complexity index is 1360. The van der Waals surface area contributed by atoms with E-state index in [1.807, 2.05) is 42.5 Å². The van der Waals surface area contributed by atoms with Gasteiger partial charge < -0.3 is 9.47 Å². The molecule has 1 heterocycles. The first-order chi connectivity index (χ1) is 16.4. The van der Waals surface area contributed by atoms with Gasteiger partial charge in [0, 0.05) is 10.9 Å². The number of benzene rings is 3. The number of pyridine rings is 1. The molecule has 34 heavy (non-hydrogen) atoms. The minimum Gasteiger partial charge on any atom is -0.488 e. The summed E-state index contributed by atoms with van der Waals surface area (Å²) in [7, 11) is 1.37. The lowest BCUT2D eigenvalue weighted by Gasteiger charge is -2.10. The van der Waals surface area contributed by atoms with E-state index in [1.54, 1.807) is 18.3 Å². The lowest BCUT2D eigenvalue weighted by Crippen LogP contribution is -2.02. The molecule has 1 N–H and O–H groups in total. The van der Waals surface area contributed by atoms with Crippen molar-refractivity contribution in [1.29, 1.82) is 0 Å². The van der Waals surface area contributed by atoms with Gasteiger partial charge in [0.25, 0.3) is 0 Å². The zero-order valence-corrected chi connectivity index (χ0v) is 19.8. The van der Waals surface area contributed by atoms with Gasteiger partial charge in [0.2, 0.25) is 0 Å². The molecule has 0 aliphatic rings. The summed E-state index contributed by atoms with van der Waals surface area (Å²) in [5.41, 5.74) is 9.84. The number of nitrogens with one attached hydrogen (secondary N) is 1. The lowest BCUT2D eigenvalue weighted by molar-refractivity contribution is 0.0600. The number of anilines is 1. The fourth-order valence-electron chi connectivity index (χ4n) is 3.80. The summed E-state index contributed by atoms with van der Waals surface area (Å²) in [4.78, 5) is 16.3. The quantitative estimate of drug-likeness (QED) is 0.212. The third kappa shape index (κ3) is 5.23. The number of rotatable bonds is 7. The molecule has 0 aliphatic heterocycles. The third-order valence-electron chi connectivity index (χ3n) is 5.53. The molecule has 0 unspecified atom stereocenters. The largest absolute Gasteiger partial charge is 0.488 e. The normalized spacial score (nSPS) is 11.1. The van der Waals surface area contributed by atoms with Crippen molar-refractivity contribution in [2.45, 2.75) is 27.4 Å². The van der Waals surface area contributed by atoms with Gasteiger partial charge in [-0.1, -0.05) is 35.9 Å². The number of methoxy groups -OCH3 is 1. The molecule has 6 heteroatoms. The molecule has 0 amide bonds. The Morgan fingerprint density at radius 1 is 1.00 bits per heavy atom. The maximum Gasteiger partial charge on any atom is 0.337 e. The van der Waals surface area contributed by atoms with E-state index in [1.165, 1.54) is 12.7 Å². The Kier molecular flexibility index (Phi) is 6.87. The average molecular weight is 454 g/mol. The molecular formula is C28H27N3O3. The molecule has 0 bridgehead atoms. The van der Waals surface area contributed by atoms with Gasteiger partial charge in [0.05, 0.1) is 24.4 Å². The molecule has 0 saturated heterocycles. The molecule has 172 valence electrons. The molecule has 0 aliphatic carbocycles. The number of hydrogen-bond donors (Lipinski definition) is 1.